The van der Waals surface area contributed by atoms with Gasteiger partial charge in [-0.3, -0.25) is 14.7 Å². The molecular formula is C18H18N2O4S. The Bertz CT molecular complexity index is 888. The summed E-state index contributed by atoms with van der Waals surface area (Å²) in [6.07, 6.45) is 5.88. The summed E-state index contributed by atoms with van der Waals surface area (Å²) < 4.78 is 27.4. The van der Waals surface area contributed by atoms with E-state index in [-0.39, 0.29) is 4.90 Å². The normalized spacial score (nSPS) is 11.8. The smallest absolute Gasteiger partial charge is 0.269 e. The molecule has 0 aliphatic heterocycles. The largest absolute Gasteiger partial charge is 0.286 e. The zero-order chi connectivity index (χ0) is 18.3. The molecule has 0 aliphatic rings. The highest BCUT2D eigenvalue weighted by atomic mass is 32.2. The maximum atomic E-state index is 12.4. The van der Waals surface area contributed by atoms with Crippen LogP contribution in [0.15, 0.2) is 77.7 Å². The fourth-order valence-electron chi connectivity index (χ4n) is 1.94. The summed E-state index contributed by atoms with van der Waals surface area (Å²) in [5.41, 5.74) is 1.05. The molecule has 0 atom stereocenters. The van der Waals surface area contributed by atoms with E-state index < -0.39 is 15.9 Å². The fourth-order valence-corrected chi connectivity index (χ4v) is 3.05. The van der Waals surface area contributed by atoms with Gasteiger partial charge in [0.25, 0.3) is 15.9 Å². The molecule has 2 rings (SSSR count). The molecule has 0 heterocycles. The van der Waals surface area contributed by atoms with Crippen molar-refractivity contribution in [3.8, 4) is 0 Å². The van der Waals surface area contributed by atoms with Gasteiger partial charge in [-0.15, -0.1) is 0 Å². The van der Waals surface area contributed by atoms with Gasteiger partial charge in [-0.25, -0.2) is 13.5 Å². The van der Waals surface area contributed by atoms with Crippen molar-refractivity contribution < 1.29 is 18.4 Å². The average Bonchev–Trinajstić information content (AvgIpc) is 2.60. The SMILES string of the molecule is CN(O)C(=O)/C=C/C=C/c1ccccc1NS(=O)(=O)c1ccccc1. The molecule has 130 valence electrons. The summed E-state index contributed by atoms with van der Waals surface area (Å²) in [6.45, 7) is 0. The predicted octanol–water partition coefficient (Wildman–Crippen LogP) is 2.90. The van der Waals surface area contributed by atoms with Gasteiger partial charge in [0.2, 0.25) is 0 Å². The van der Waals surface area contributed by atoms with E-state index in [4.69, 9.17) is 5.21 Å². The topological polar surface area (TPSA) is 86.7 Å². The molecule has 7 heteroatoms. The van der Waals surface area contributed by atoms with Gasteiger partial charge in [0.15, 0.2) is 0 Å². The third kappa shape index (κ3) is 5.30. The van der Waals surface area contributed by atoms with Gasteiger partial charge in [0, 0.05) is 13.1 Å². The molecule has 0 aliphatic carbocycles. The number of para-hydroxylation sites is 1. The van der Waals surface area contributed by atoms with Gasteiger partial charge in [0.1, 0.15) is 0 Å². The number of amides is 1. The summed E-state index contributed by atoms with van der Waals surface area (Å²) in [7, 11) is -2.46. The van der Waals surface area contributed by atoms with Crippen LogP contribution in [0.3, 0.4) is 0 Å². The summed E-state index contributed by atoms with van der Waals surface area (Å²) in [5.74, 6) is -0.567. The summed E-state index contributed by atoms with van der Waals surface area (Å²) >= 11 is 0. The van der Waals surface area contributed by atoms with Crippen molar-refractivity contribution in [1.82, 2.24) is 5.06 Å². The highest BCUT2D eigenvalue weighted by Crippen LogP contribution is 2.21. The minimum absolute atomic E-state index is 0.172. The Labute approximate surface area is 146 Å². The predicted molar refractivity (Wildman–Crippen MR) is 96.4 cm³/mol. The first-order chi connectivity index (χ1) is 11.9. The van der Waals surface area contributed by atoms with E-state index in [9.17, 15) is 13.2 Å². The lowest BCUT2D eigenvalue weighted by Crippen LogP contribution is -2.19. The van der Waals surface area contributed by atoms with E-state index >= 15 is 0 Å². The van der Waals surface area contributed by atoms with Crippen molar-refractivity contribution >= 4 is 27.7 Å². The number of carbonyl (C=O) groups is 1. The Kier molecular flexibility index (Phi) is 6.10. The minimum Gasteiger partial charge on any atom is -0.286 e. The van der Waals surface area contributed by atoms with Crippen LogP contribution in [0.4, 0.5) is 5.69 Å². The second kappa shape index (κ2) is 8.27. The first kappa shape index (κ1) is 18.4. The fraction of sp³-hybridized carbons (Fsp3) is 0.0556. The number of sulfonamides is 1. The van der Waals surface area contributed by atoms with E-state index in [0.29, 0.717) is 16.3 Å². The first-order valence-corrected chi connectivity index (χ1v) is 8.87. The molecule has 0 radical (unpaired) electrons. The number of anilines is 1. The van der Waals surface area contributed by atoms with Crippen molar-refractivity contribution in [2.75, 3.05) is 11.8 Å². The maximum Gasteiger partial charge on any atom is 0.269 e. The molecule has 0 saturated carbocycles. The summed E-state index contributed by atoms with van der Waals surface area (Å²) in [4.78, 5) is 11.4. The lowest BCUT2D eigenvalue weighted by Gasteiger charge is -2.10. The van der Waals surface area contributed by atoms with Crippen molar-refractivity contribution in [1.29, 1.82) is 0 Å². The van der Waals surface area contributed by atoms with Crippen LogP contribution in [-0.4, -0.2) is 31.6 Å². The van der Waals surface area contributed by atoms with E-state index in [1.54, 1.807) is 54.6 Å². The molecule has 25 heavy (non-hydrogen) atoms. The van der Waals surface area contributed by atoms with Gasteiger partial charge in [-0.2, -0.15) is 0 Å². The molecule has 2 aromatic rings. The van der Waals surface area contributed by atoms with Gasteiger partial charge in [-0.05, 0) is 23.8 Å². The van der Waals surface area contributed by atoms with Crippen molar-refractivity contribution in [2.24, 2.45) is 0 Å². The number of likely N-dealkylation sites (N-methyl/N-ethyl adjacent to an activating group) is 1. The third-order valence-electron chi connectivity index (χ3n) is 3.20. The highest BCUT2D eigenvalue weighted by molar-refractivity contribution is 7.92. The maximum absolute atomic E-state index is 12.4. The van der Waals surface area contributed by atoms with Crippen LogP contribution in [0.2, 0.25) is 0 Å². The van der Waals surface area contributed by atoms with Crippen LogP contribution in [0.5, 0.6) is 0 Å². The zero-order valence-corrected chi connectivity index (χ0v) is 14.3. The van der Waals surface area contributed by atoms with Crippen LogP contribution in [0, 0.1) is 0 Å². The molecule has 0 fully saturated rings. The molecule has 1 amide bonds. The molecule has 0 saturated heterocycles. The van der Waals surface area contributed by atoms with Gasteiger partial charge >= 0.3 is 0 Å². The zero-order valence-electron chi connectivity index (χ0n) is 13.5. The second-order valence-electron chi connectivity index (χ2n) is 5.09. The number of nitrogens with one attached hydrogen (secondary N) is 1. The minimum atomic E-state index is -3.69. The molecule has 0 aromatic heterocycles. The first-order valence-electron chi connectivity index (χ1n) is 7.38. The molecular weight excluding hydrogens is 340 g/mol. The number of hydrogen-bond acceptors (Lipinski definition) is 4. The number of rotatable bonds is 6. The Morgan fingerprint density at radius 2 is 1.68 bits per heavy atom. The number of carbonyl (C=O) groups excluding carboxylic acids is 1. The van der Waals surface area contributed by atoms with Crippen molar-refractivity contribution in [3.63, 3.8) is 0 Å². The standard InChI is InChI=1S/C18H18N2O4S/c1-20(22)18(21)14-8-6-10-15-9-5-7-13-17(15)19-25(23,24)16-11-3-2-4-12-16/h2-14,19,22H,1H3/b10-6+,14-8+. The monoisotopic (exact) mass is 358 g/mol. The molecule has 0 bridgehead atoms. The molecule has 0 spiro atoms. The number of hydroxylamine groups is 2. The highest BCUT2D eigenvalue weighted by Gasteiger charge is 2.14. The van der Waals surface area contributed by atoms with Crippen LogP contribution in [0.25, 0.3) is 6.08 Å². The Morgan fingerprint density at radius 1 is 1.04 bits per heavy atom. The average molecular weight is 358 g/mol. The van der Waals surface area contributed by atoms with Crippen LogP contribution >= 0.6 is 0 Å². The molecule has 2 N–H and O–H groups in total. The van der Waals surface area contributed by atoms with Crippen LogP contribution in [0.1, 0.15) is 5.56 Å². The van der Waals surface area contributed by atoms with Gasteiger partial charge in [0.05, 0.1) is 10.6 Å². The van der Waals surface area contributed by atoms with E-state index in [2.05, 4.69) is 4.72 Å². The number of hydrogen-bond donors (Lipinski definition) is 2. The van der Waals surface area contributed by atoms with Crippen LogP contribution in [-0.2, 0) is 14.8 Å². The summed E-state index contributed by atoms with van der Waals surface area (Å²) in [6, 6.07) is 15.0. The van der Waals surface area contributed by atoms with Gasteiger partial charge in [-0.1, -0.05) is 54.6 Å². The van der Waals surface area contributed by atoms with E-state index in [1.807, 2.05) is 0 Å². The van der Waals surface area contributed by atoms with E-state index in [1.165, 1.54) is 31.3 Å². The number of benzene rings is 2. The van der Waals surface area contributed by atoms with Crippen LogP contribution < -0.4 is 4.72 Å². The Hall–Kier alpha value is -2.90. The third-order valence-corrected chi connectivity index (χ3v) is 4.58. The lowest BCUT2D eigenvalue weighted by atomic mass is 10.1. The van der Waals surface area contributed by atoms with Crippen molar-refractivity contribution in [3.05, 3.63) is 78.4 Å². The van der Waals surface area contributed by atoms with E-state index in [0.717, 1.165) is 0 Å². The molecule has 2 aromatic carbocycles. The lowest BCUT2D eigenvalue weighted by molar-refractivity contribution is -0.153. The molecule has 6 nitrogen and oxygen atoms in total. The number of allylic oxidation sites excluding steroid dienone is 2. The number of nitrogens with zero attached hydrogens (tertiary/aromatic N) is 1. The second-order valence-corrected chi connectivity index (χ2v) is 6.77. The quantitative estimate of drug-likeness (QED) is 0.360. The van der Waals surface area contributed by atoms with Gasteiger partial charge < -0.3 is 0 Å². The Morgan fingerprint density at radius 3 is 2.36 bits per heavy atom. The van der Waals surface area contributed by atoms with Crippen molar-refractivity contribution in [2.45, 2.75) is 4.90 Å². The summed E-state index contributed by atoms with van der Waals surface area (Å²) in [5, 5.41) is 9.41. The Balaban J connectivity index is 2.20. The molecule has 0 unspecified atom stereocenters.